The number of hydrogen-bond acceptors (Lipinski definition) is 1. The zero-order valence-corrected chi connectivity index (χ0v) is 10.5. The summed E-state index contributed by atoms with van der Waals surface area (Å²) in [6.45, 7) is 4.47. The number of rotatable bonds is 1. The maximum absolute atomic E-state index is 5.47. The number of H-pyrrole nitrogens is 1. The van der Waals surface area contributed by atoms with Gasteiger partial charge in [0, 0.05) is 5.54 Å². The first-order valence-electron chi connectivity index (χ1n) is 5.83. The van der Waals surface area contributed by atoms with Gasteiger partial charge in [0.25, 0.3) is 0 Å². The van der Waals surface area contributed by atoms with E-state index in [9.17, 15) is 0 Å². The van der Waals surface area contributed by atoms with Crippen molar-refractivity contribution in [3.05, 3.63) is 28.5 Å². The number of hydrogen-bond donors (Lipinski definition) is 1. The Bertz CT molecular complexity index is 602. The molecule has 2 aromatic rings. The molecule has 1 aromatic carbocycles. The molecule has 16 heavy (non-hydrogen) atoms. The van der Waals surface area contributed by atoms with E-state index >= 15 is 0 Å². The Morgan fingerprint density at radius 2 is 2.12 bits per heavy atom. The molecule has 3 heteroatoms. The van der Waals surface area contributed by atoms with E-state index < -0.39 is 0 Å². The van der Waals surface area contributed by atoms with Crippen LogP contribution in [0.25, 0.3) is 11.0 Å². The number of aromatic amines is 1. The predicted octanol–water partition coefficient (Wildman–Crippen LogP) is 3.91. The van der Waals surface area contributed by atoms with E-state index in [0.717, 1.165) is 10.3 Å². The van der Waals surface area contributed by atoms with Crippen LogP contribution in [0.4, 0.5) is 0 Å². The second kappa shape index (κ2) is 3.20. The molecule has 1 aliphatic rings. The molecule has 1 fully saturated rings. The van der Waals surface area contributed by atoms with Crippen molar-refractivity contribution in [2.24, 2.45) is 0 Å². The predicted molar refractivity (Wildman–Crippen MR) is 69.4 cm³/mol. The molecular formula is C13H16N2S. The van der Waals surface area contributed by atoms with E-state index in [0.29, 0.717) is 0 Å². The summed E-state index contributed by atoms with van der Waals surface area (Å²) in [7, 11) is 0. The summed E-state index contributed by atoms with van der Waals surface area (Å²) in [6.07, 6.45) is 3.79. The number of nitrogens with one attached hydrogen (secondary N) is 1. The lowest BCUT2D eigenvalue weighted by Gasteiger charge is -2.40. The fourth-order valence-corrected chi connectivity index (χ4v) is 3.18. The minimum Gasteiger partial charge on any atom is -0.331 e. The van der Waals surface area contributed by atoms with Crippen LogP contribution in [0.1, 0.15) is 31.7 Å². The van der Waals surface area contributed by atoms with Crippen LogP contribution in [0.2, 0.25) is 0 Å². The topological polar surface area (TPSA) is 20.7 Å². The van der Waals surface area contributed by atoms with Gasteiger partial charge in [0.2, 0.25) is 0 Å². The maximum Gasteiger partial charge on any atom is 0.178 e. The van der Waals surface area contributed by atoms with Crippen LogP contribution >= 0.6 is 12.2 Å². The van der Waals surface area contributed by atoms with Gasteiger partial charge in [0.15, 0.2) is 4.77 Å². The number of benzene rings is 1. The summed E-state index contributed by atoms with van der Waals surface area (Å²) < 4.78 is 3.20. The van der Waals surface area contributed by atoms with Gasteiger partial charge in [-0.2, -0.15) is 0 Å². The molecule has 0 amide bonds. The Labute approximate surface area is 100 Å². The van der Waals surface area contributed by atoms with Gasteiger partial charge in [-0.1, -0.05) is 12.1 Å². The molecule has 0 atom stereocenters. The average molecular weight is 232 g/mol. The van der Waals surface area contributed by atoms with E-state index in [1.807, 2.05) is 0 Å². The van der Waals surface area contributed by atoms with Crippen LogP contribution in [0.3, 0.4) is 0 Å². The van der Waals surface area contributed by atoms with E-state index in [1.54, 1.807) is 0 Å². The monoisotopic (exact) mass is 232 g/mol. The molecule has 3 rings (SSSR count). The summed E-state index contributed by atoms with van der Waals surface area (Å²) >= 11 is 5.47. The molecular weight excluding hydrogens is 216 g/mol. The van der Waals surface area contributed by atoms with Crippen molar-refractivity contribution >= 4 is 23.3 Å². The second-order valence-corrected chi connectivity index (χ2v) is 5.47. The highest BCUT2D eigenvalue weighted by molar-refractivity contribution is 7.71. The highest BCUT2D eigenvalue weighted by Gasteiger charge is 2.35. The first-order chi connectivity index (χ1) is 7.62. The molecule has 84 valence electrons. The van der Waals surface area contributed by atoms with Crippen molar-refractivity contribution in [3.8, 4) is 0 Å². The van der Waals surface area contributed by atoms with Gasteiger partial charge in [0.05, 0.1) is 11.0 Å². The summed E-state index contributed by atoms with van der Waals surface area (Å²) in [5, 5.41) is 0. The van der Waals surface area contributed by atoms with Crippen molar-refractivity contribution in [3.63, 3.8) is 0 Å². The molecule has 0 radical (unpaired) electrons. The van der Waals surface area contributed by atoms with Gasteiger partial charge in [0.1, 0.15) is 0 Å². The van der Waals surface area contributed by atoms with Gasteiger partial charge in [-0.25, -0.2) is 0 Å². The first kappa shape index (κ1) is 10.1. The molecule has 0 bridgehead atoms. The molecule has 0 saturated heterocycles. The number of para-hydroxylation sites is 1. The van der Waals surface area contributed by atoms with Crippen molar-refractivity contribution < 1.29 is 0 Å². The Hall–Kier alpha value is -1.09. The summed E-state index contributed by atoms with van der Waals surface area (Å²) in [4.78, 5) is 3.32. The van der Waals surface area contributed by atoms with Gasteiger partial charge in [-0.3, -0.25) is 0 Å². The number of imidazole rings is 1. The first-order valence-corrected chi connectivity index (χ1v) is 6.23. The Morgan fingerprint density at radius 3 is 2.75 bits per heavy atom. The molecule has 1 N–H and O–H groups in total. The lowest BCUT2D eigenvalue weighted by molar-refractivity contribution is 0.172. The lowest BCUT2D eigenvalue weighted by Crippen LogP contribution is -2.37. The number of aromatic nitrogens is 2. The van der Waals surface area contributed by atoms with Crippen molar-refractivity contribution in [1.29, 1.82) is 0 Å². The molecule has 1 aliphatic carbocycles. The van der Waals surface area contributed by atoms with Gasteiger partial charge < -0.3 is 9.55 Å². The number of fused-ring (bicyclic) bond motifs is 1. The molecule has 0 spiro atoms. The lowest BCUT2D eigenvalue weighted by atomic mass is 9.78. The fraction of sp³-hybridized carbons (Fsp3) is 0.462. The van der Waals surface area contributed by atoms with Crippen LogP contribution in [0.15, 0.2) is 18.2 Å². The minimum atomic E-state index is 0.238. The largest absolute Gasteiger partial charge is 0.331 e. The third kappa shape index (κ3) is 1.21. The molecule has 0 unspecified atom stereocenters. The highest BCUT2D eigenvalue weighted by atomic mass is 32.1. The molecule has 1 saturated carbocycles. The summed E-state index contributed by atoms with van der Waals surface area (Å²) in [5.74, 6) is 0. The standard InChI is InChI=1S/C13H16N2S/c1-9-5-3-6-10-11(9)15(12(16)14-10)13(2)7-4-8-13/h3,5-6H,4,7-8H2,1-2H3,(H,14,16). The summed E-state index contributed by atoms with van der Waals surface area (Å²) in [5.41, 5.74) is 3.99. The third-order valence-corrected chi connectivity index (χ3v) is 4.16. The van der Waals surface area contributed by atoms with E-state index in [2.05, 4.69) is 41.6 Å². The third-order valence-electron chi connectivity index (χ3n) is 3.88. The normalized spacial score (nSPS) is 18.6. The molecule has 2 nitrogen and oxygen atoms in total. The molecule has 1 heterocycles. The quantitative estimate of drug-likeness (QED) is 0.739. The van der Waals surface area contributed by atoms with Crippen LogP contribution in [0.5, 0.6) is 0 Å². The Balaban J connectivity index is 2.39. The maximum atomic E-state index is 5.47. The van der Waals surface area contributed by atoms with Crippen LogP contribution in [0, 0.1) is 11.7 Å². The SMILES string of the molecule is Cc1cccc2[nH]c(=S)n(C3(C)CCC3)c12. The average Bonchev–Trinajstić information content (AvgIpc) is 2.53. The van der Waals surface area contributed by atoms with Crippen LogP contribution in [-0.4, -0.2) is 9.55 Å². The fourth-order valence-electron chi connectivity index (χ4n) is 2.76. The van der Waals surface area contributed by atoms with Gasteiger partial charge >= 0.3 is 0 Å². The van der Waals surface area contributed by atoms with Gasteiger partial charge in [-0.15, -0.1) is 0 Å². The zero-order valence-electron chi connectivity index (χ0n) is 9.71. The van der Waals surface area contributed by atoms with Gasteiger partial charge in [-0.05, 0) is 57.0 Å². The number of aryl methyl sites for hydroxylation is 1. The Kier molecular flexibility index (Phi) is 2.02. The highest BCUT2D eigenvalue weighted by Crippen LogP contribution is 2.41. The smallest absolute Gasteiger partial charge is 0.178 e. The Morgan fingerprint density at radius 1 is 1.38 bits per heavy atom. The number of nitrogens with zero attached hydrogens (tertiary/aromatic N) is 1. The van der Waals surface area contributed by atoms with Crippen molar-refractivity contribution in [1.82, 2.24) is 9.55 Å². The van der Waals surface area contributed by atoms with E-state index in [4.69, 9.17) is 12.2 Å². The van der Waals surface area contributed by atoms with Crippen LogP contribution < -0.4 is 0 Å². The summed E-state index contributed by atoms with van der Waals surface area (Å²) in [6, 6.07) is 6.34. The van der Waals surface area contributed by atoms with E-state index in [-0.39, 0.29) is 5.54 Å². The second-order valence-electron chi connectivity index (χ2n) is 5.09. The van der Waals surface area contributed by atoms with Crippen molar-refractivity contribution in [2.75, 3.05) is 0 Å². The van der Waals surface area contributed by atoms with E-state index in [1.165, 1.54) is 30.3 Å². The molecule has 1 aromatic heterocycles. The van der Waals surface area contributed by atoms with Crippen molar-refractivity contribution in [2.45, 2.75) is 38.6 Å². The molecule has 0 aliphatic heterocycles. The zero-order chi connectivity index (χ0) is 11.3. The van der Waals surface area contributed by atoms with Crippen LogP contribution in [-0.2, 0) is 5.54 Å². The minimum absolute atomic E-state index is 0.238.